The van der Waals surface area contributed by atoms with Gasteiger partial charge in [-0.05, 0) is 33.3 Å². The van der Waals surface area contributed by atoms with Gasteiger partial charge in [0.25, 0.3) is 0 Å². The topological polar surface area (TPSA) is 62.9 Å². The highest BCUT2D eigenvalue weighted by Crippen LogP contribution is 2.29. The highest BCUT2D eigenvalue weighted by Gasteiger charge is 2.26. The molecule has 2 heterocycles. The summed E-state index contributed by atoms with van der Waals surface area (Å²) in [6.45, 7) is 11.6. The number of hydrogen-bond donors (Lipinski definition) is 1. The average molecular weight is 356 g/mol. The van der Waals surface area contributed by atoms with Crippen molar-refractivity contribution in [3.8, 4) is 5.75 Å². The summed E-state index contributed by atoms with van der Waals surface area (Å²) < 4.78 is 7.70. The number of likely N-dealkylation sites (N-methyl/N-ethyl adjacent to an activating group) is 1. The van der Waals surface area contributed by atoms with E-state index >= 15 is 0 Å². The molecule has 6 nitrogen and oxygen atoms in total. The molecular formula is C20H28N4O2. The lowest BCUT2D eigenvalue weighted by Crippen LogP contribution is -2.38. The minimum Gasteiger partial charge on any atom is -0.482 e. The molecule has 0 saturated heterocycles. The van der Waals surface area contributed by atoms with Gasteiger partial charge in [0.15, 0.2) is 17.2 Å². The molecule has 0 amide bonds. The Kier molecular flexibility index (Phi) is 6.21. The zero-order chi connectivity index (χ0) is 19.3. The lowest BCUT2D eigenvalue weighted by Gasteiger charge is -2.29. The molecular weight excluding hydrogens is 328 g/mol. The minimum absolute atomic E-state index is 0.411. The van der Waals surface area contributed by atoms with Crippen LogP contribution in [0, 0.1) is 0 Å². The number of allylic oxidation sites excluding steroid dienone is 3. The van der Waals surface area contributed by atoms with E-state index in [9.17, 15) is 5.11 Å². The SMILES string of the molecule is C=C/C=C\C(=C/C)CN(C)c1nc2ccnn2cc1OC(C)C(C)(C)O. The molecule has 0 aliphatic rings. The fourth-order valence-electron chi connectivity index (χ4n) is 2.30. The first-order valence-electron chi connectivity index (χ1n) is 8.65. The summed E-state index contributed by atoms with van der Waals surface area (Å²) in [5.41, 5.74) is 0.888. The van der Waals surface area contributed by atoms with E-state index < -0.39 is 11.7 Å². The quantitative estimate of drug-likeness (QED) is 0.735. The molecule has 0 aromatic carbocycles. The van der Waals surface area contributed by atoms with Crippen LogP contribution in [0.2, 0.25) is 0 Å². The Morgan fingerprint density at radius 3 is 2.85 bits per heavy atom. The third kappa shape index (κ3) is 4.73. The maximum absolute atomic E-state index is 10.2. The Bertz CT molecular complexity index is 815. The molecule has 1 unspecified atom stereocenters. The maximum atomic E-state index is 10.2. The second kappa shape index (κ2) is 8.19. The normalized spacial score (nSPS) is 14.0. The second-order valence-electron chi connectivity index (χ2n) is 6.79. The van der Waals surface area contributed by atoms with E-state index in [0.717, 1.165) is 11.2 Å². The van der Waals surface area contributed by atoms with Gasteiger partial charge in [-0.25, -0.2) is 9.50 Å². The second-order valence-corrected chi connectivity index (χ2v) is 6.79. The molecule has 1 atom stereocenters. The molecule has 1 N–H and O–H groups in total. The van der Waals surface area contributed by atoms with E-state index in [1.54, 1.807) is 36.8 Å². The molecule has 0 aliphatic carbocycles. The highest BCUT2D eigenvalue weighted by molar-refractivity contribution is 5.57. The Morgan fingerprint density at radius 1 is 1.50 bits per heavy atom. The zero-order valence-corrected chi connectivity index (χ0v) is 16.2. The van der Waals surface area contributed by atoms with Crippen LogP contribution in [0.25, 0.3) is 5.65 Å². The fourth-order valence-corrected chi connectivity index (χ4v) is 2.30. The van der Waals surface area contributed by atoms with Gasteiger partial charge < -0.3 is 14.7 Å². The third-order valence-corrected chi connectivity index (χ3v) is 4.23. The van der Waals surface area contributed by atoms with Crippen molar-refractivity contribution in [2.45, 2.75) is 39.4 Å². The monoisotopic (exact) mass is 356 g/mol. The minimum atomic E-state index is -0.976. The average Bonchev–Trinajstić information content (AvgIpc) is 3.04. The van der Waals surface area contributed by atoms with Crippen LogP contribution in [0.5, 0.6) is 5.75 Å². The van der Waals surface area contributed by atoms with Gasteiger partial charge in [-0.3, -0.25) is 0 Å². The number of hydrogen-bond acceptors (Lipinski definition) is 5. The third-order valence-electron chi connectivity index (χ3n) is 4.23. The van der Waals surface area contributed by atoms with Gasteiger partial charge in [-0.15, -0.1) is 0 Å². The largest absolute Gasteiger partial charge is 0.482 e. The van der Waals surface area contributed by atoms with Gasteiger partial charge >= 0.3 is 0 Å². The number of fused-ring (bicyclic) bond motifs is 1. The van der Waals surface area contributed by atoms with E-state index in [-0.39, 0.29) is 0 Å². The first-order chi connectivity index (χ1) is 12.3. The van der Waals surface area contributed by atoms with Gasteiger partial charge in [0.05, 0.1) is 18.0 Å². The van der Waals surface area contributed by atoms with Crippen LogP contribution in [0.4, 0.5) is 5.82 Å². The lowest BCUT2D eigenvalue weighted by molar-refractivity contribution is -0.0242. The summed E-state index contributed by atoms with van der Waals surface area (Å²) in [6, 6.07) is 1.84. The maximum Gasteiger partial charge on any atom is 0.180 e. The van der Waals surface area contributed by atoms with Gasteiger partial charge in [0.1, 0.15) is 6.10 Å². The molecule has 0 aliphatic heterocycles. The first kappa shape index (κ1) is 19.7. The molecule has 26 heavy (non-hydrogen) atoms. The molecule has 0 fully saturated rings. The molecule has 0 radical (unpaired) electrons. The highest BCUT2D eigenvalue weighted by atomic mass is 16.5. The van der Waals surface area contributed by atoms with E-state index in [1.165, 1.54) is 0 Å². The smallest absolute Gasteiger partial charge is 0.180 e. The van der Waals surface area contributed by atoms with Crippen molar-refractivity contribution in [3.63, 3.8) is 0 Å². The van der Waals surface area contributed by atoms with Crippen molar-refractivity contribution in [2.24, 2.45) is 0 Å². The van der Waals surface area contributed by atoms with Crippen LogP contribution in [-0.4, -0.2) is 45.0 Å². The Morgan fingerprint density at radius 2 is 2.23 bits per heavy atom. The summed E-state index contributed by atoms with van der Waals surface area (Å²) in [6.07, 6.45) is 10.8. The summed E-state index contributed by atoms with van der Waals surface area (Å²) in [5, 5.41) is 14.4. The molecule has 2 aromatic rings. The van der Waals surface area contributed by atoms with Crippen molar-refractivity contribution < 1.29 is 9.84 Å². The standard InChI is InChI=1S/C20H28N4O2/c1-7-9-10-16(8-2)13-23(6)19-17(26-15(3)20(4,5)25)14-24-18(22-19)11-12-21-24/h7-12,14-15,25H,1,13H2,2-6H3/b10-9-,16-8+. The van der Waals surface area contributed by atoms with E-state index in [1.807, 2.05) is 50.1 Å². The van der Waals surface area contributed by atoms with Crippen LogP contribution in [-0.2, 0) is 0 Å². The Hall–Kier alpha value is -2.60. The molecule has 0 bridgehead atoms. The molecule has 2 rings (SSSR count). The molecule has 6 heteroatoms. The van der Waals surface area contributed by atoms with Crippen LogP contribution in [0.15, 0.2) is 54.9 Å². The van der Waals surface area contributed by atoms with Crippen LogP contribution < -0.4 is 9.64 Å². The zero-order valence-electron chi connectivity index (χ0n) is 16.2. The fraction of sp³-hybridized carbons (Fsp3) is 0.400. The first-order valence-corrected chi connectivity index (χ1v) is 8.65. The van der Waals surface area contributed by atoms with Crippen LogP contribution in [0.3, 0.4) is 0 Å². The van der Waals surface area contributed by atoms with Crippen molar-refractivity contribution >= 4 is 11.5 Å². The summed E-state index contributed by atoms with van der Waals surface area (Å²) in [5.74, 6) is 1.27. The summed E-state index contributed by atoms with van der Waals surface area (Å²) in [4.78, 5) is 6.70. The van der Waals surface area contributed by atoms with Gasteiger partial charge in [-0.1, -0.05) is 30.9 Å². The molecule has 2 aromatic heterocycles. The number of nitrogens with zero attached hydrogens (tertiary/aromatic N) is 4. The van der Waals surface area contributed by atoms with Crippen molar-refractivity contribution in [1.82, 2.24) is 14.6 Å². The van der Waals surface area contributed by atoms with Gasteiger partial charge in [0, 0.05) is 19.7 Å². The van der Waals surface area contributed by atoms with Gasteiger partial charge in [0.2, 0.25) is 0 Å². The van der Waals surface area contributed by atoms with E-state index in [4.69, 9.17) is 4.74 Å². The number of rotatable bonds is 8. The van der Waals surface area contributed by atoms with E-state index in [0.29, 0.717) is 18.1 Å². The number of aromatic nitrogens is 3. The number of anilines is 1. The Balaban J connectivity index is 2.38. The molecule has 0 spiro atoms. The summed E-state index contributed by atoms with van der Waals surface area (Å²) >= 11 is 0. The van der Waals surface area contributed by atoms with Crippen LogP contribution >= 0.6 is 0 Å². The summed E-state index contributed by atoms with van der Waals surface area (Å²) in [7, 11) is 1.96. The lowest BCUT2D eigenvalue weighted by atomic mass is 10.0. The van der Waals surface area contributed by atoms with Crippen molar-refractivity contribution in [3.05, 3.63) is 54.9 Å². The number of aliphatic hydroxyl groups is 1. The van der Waals surface area contributed by atoms with Crippen molar-refractivity contribution in [1.29, 1.82) is 0 Å². The van der Waals surface area contributed by atoms with Crippen molar-refractivity contribution in [2.75, 3.05) is 18.5 Å². The predicted molar refractivity (Wildman–Crippen MR) is 106 cm³/mol. The van der Waals surface area contributed by atoms with Crippen LogP contribution in [0.1, 0.15) is 27.7 Å². The predicted octanol–water partition coefficient (Wildman–Crippen LogP) is 3.39. The number of ether oxygens (including phenoxy) is 1. The molecule has 140 valence electrons. The molecule has 0 saturated carbocycles. The Labute approximate surface area is 155 Å². The van der Waals surface area contributed by atoms with Gasteiger partial charge in [-0.2, -0.15) is 5.10 Å². The van der Waals surface area contributed by atoms with E-state index in [2.05, 4.69) is 16.7 Å².